The van der Waals surface area contributed by atoms with Gasteiger partial charge in [-0.2, -0.15) is 4.98 Å². The molecule has 3 aliphatic heterocycles. The molecule has 0 bridgehead atoms. The summed E-state index contributed by atoms with van der Waals surface area (Å²) in [5.41, 5.74) is 1.92. The highest BCUT2D eigenvalue weighted by molar-refractivity contribution is 7.92. The van der Waals surface area contributed by atoms with Crippen LogP contribution in [0.3, 0.4) is 0 Å². The van der Waals surface area contributed by atoms with Crippen LogP contribution < -0.4 is 20.4 Å². The Bertz CT molecular complexity index is 1600. The number of rotatable bonds is 6. The monoisotopic (exact) mass is 585 g/mol. The standard InChI is InChI=1S/C28H33F2N7O3S/c29-28(30)7-12-36(13-8-28)26-34-23(16-24-32-9-14-37(24)26)33-25(38)21-2-1-19(41(39,40)20-17-31-18-20)15-22(21)35-10-5-27(3-4-27)6-11-35/h1-2,9,14-16,20,31H,3-8,10-13,17-18H2,(H,33,38). The fraction of sp³-hybridized carbons (Fsp3) is 0.536. The molecule has 1 saturated carbocycles. The lowest BCUT2D eigenvalue weighted by atomic mass is 9.93. The molecule has 41 heavy (non-hydrogen) atoms. The first-order chi connectivity index (χ1) is 19.6. The van der Waals surface area contributed by atoms with E-state index in [0.717, 1.165) is 25.9 Å². The number of anilines is 3. The molecular formula is C28H33F2N7O3S. The van der Waals surface area contributed by atoms with Gasteiger partial charge in [0.25, 0.3) is 11.8 Å². The van der Waals surface area contributed by atoms with E-state index in [-0.39, 0.29) is 36.6 Å². The molecule has 1 aromatic carbocycles. The molecule has 13 heteroatoms. The summed E-state index contributed by atoms with van der Waals surface area (Å²) >= 11 is 0. The number of imidazole rings is 1. The van der Waals surface area contributed by atoms with Crippen molar-refractivity contribution in [3.63, 3.8) is 0 Å². The molecule has 4 fully saturated rings. The van der Waals surface area contributed by atoms with E-state index >= 15 is 0 Å². The van der Waals surface area contributed by atoms with Crippen LogP contribution in [0.5, 0.6) is 0 Å². The van der Waals surface area contributed by atoms with E-state index in [9.17, 15) is 22.0 Å². The molecule has 218 valence electrons. The Hall–Kier alpha value is -3.32. The lowest BCUT2D eigenvalue weighted by molar-refractivity contribution is -0.0222. The number of fused-ring (bicyclic) bond motifs is 1. The maximum atomic E-state index is 13.8. The summed E-state index contributed by atoms with van der Waals surface area (Å²) in [4.78, 5) is 26.9. The highest BCUT2D eigenvalue weighted by Crippen LogP contribution is 2.54. The maximum Gasteiger partial charge on any atom is 0.258 e. The molecule has 3 saturated heterocycles. The minimum Gasteiger partial charge on any atom is -0.371 e. The number of carbonyl (C=O) groups is 1. The number of sulfone groups is 1. The molecule has 10 nitrogen and oxygen atoms in total. The molecule has 2 aromatic heterocycles. The molecular weight excluding hydrogens is 552 g/mol. The van der Waals surface area contributed by atoms with Crippen LogP contribution in [0.2, 0.25) is 0 Å². The lowest BCUT2D eigenvalue weighted by Gasteiger charge is -2.35. The summed E-state index contributed by atoms with van der Waals surface area (Å²) in [6.07, 6.45) is 7.28. The Kier molecular flexibility index (Phi) is 6.23. The van der Waals surface area contributed by atoms with E-state index in [1.807, 2.05) is 0 Å². The van der Waals surface area contributed by atoms with Crippen molar-refractivity contribution in [3.05, 3.63) is 42.2 Å². The van der Waals surface area contributed by atoms with Crippen molar-refractivity contribution in [2.24, 2.45) is 5.41 Å². The van der Waals surface area contributed by atoms with Crippen LogP contribution in [0.25, 0.3) is 5.65 Å². The first-order valence-electron chi connectivity index (χ1n) is 14.2. The Morgan fingerprint density at radius 3 is 2.34 bits per heavy atom. The number of aromatic nitrogens is 3. The fourth-order valence-corrected chi connectivity index (χ4v) is 7.72. The second kappa shape index (κ2) is 9.62. The van der Waals surface area contributed by atoms with Gasteiger partial charge in [-0.05, 0) is 49.3 Å². The van der Waals surface area contributed by atoms with Gasteiger partial charge in [-0.3, -0.25) is 9.20 Å². The fourth-order valence-electron chi connectivity index (χ4n) is 6.13. The van der Waals surface area contributed by atoms with Crippen molar-refractivity contribution in [3.8, 4) is 0 Å². The van der Waals surface area contributed by atoms with Gasteiger partial charge in [0.2, 0.25) is 5.95 Å². The molecule has 1 aliphatic carbocycles. The molecule has 4 aliphatic rings. The number of hydrogen-bond acceptors (Lipinski definition) is 8. The van der Waals surface area contributed by atoms with Crippen LogP contribution in [0.15, 0.2) is 41.6 Å². The topological polar surface area (TPSA) is 112 Å². The number of hydrogen-bond donors (Lipinski definition) is 2. The maximum absolute atomic E-state index is 13.8. The van der Waals surface area contributed by atoms with Crippen LogP contribution in [0.4, 0.5) is 26.2 Å². The minimum absolute atomic E-state index is 0.137. The predicted molar refractivity (Wildman–Crippen MR) is 151 cm³/mol. The molecule has 1 spiro atoms. The molecule has 3 aromatic rings. The number of carbonyl (C=O) groups excluding carboxylic acids is 1. The smallest absolute Gasteiger partial charge is 0.258 e. The third-order valence-corrected chi connectivity index (χ3v) is 11.4. The van der Waals surface area contributed by atoms with Crippen molar-refractivity contribution >= 4 is 38.8 Å². The summed E-state index contributed by atoms with van der Waals surface area (Å²) in [5.74, 6) is -2.43. The largest absolute Gasteiger partial charge is 0.371 e. The third kappa shape index (κ3) is 4.92. The second-order valence-corrected chi connectivity index (χ2v) is 14.1. The molecule has 1 amide bonds. The van der Waals surface area contributed by atoms with E-state index in [1.54, 1.807) is 39.9 Å². The summed E-state index contributed by atoms with van der Waals surface area (Å²) in [6.45, 7) is 2.64. The van der Waals surface area contributed by atoms with Crippen LogP contribution in [-0.2, 0) is 9.84 Å². The van der Waals surface area contributed by atoms with Crippen LogP contribution in [0.1, 0.15) is 48.9 Å². The third-order valence-electron chi connectivity index (χ3n) is 9.24. The van der Waals surface area contributed by atoms with Gasteiger partial charge in [0, 0.05) is 70.6 Å². The van der Waals surface area contributed by atoms with Gasteiger partial charge in [0.05, 0.1) is 21.4 Å². The van der Waals surface area contributed by atoms with Crippen molar-refractivity contribution in [1.29, 1.82) is 0 Å². The van der Waals surface area contributed by atoms with Crippen molar-refractivity contribution in [2.45, 2.75) is 54.6 Å². The van der Waals surface area contributed by atoms with Gasteiger partial charge in [-0.1, -0.05) is 0 Å². The number of amides is 1. The lowest BCUT2D eigenvalue weighted by Crippen LogP contribution is -2.51. The van der Waals surface area contributed by atoms with Crippen LogP contribution >= 0.6 is 0 Å². The first kappa shape index (κ1) is 26.6. The van der Waals surface area contributed by atoms with Crippen molar-refractivity contribution < 1.29 is 22.0 Å². The van der Waals surface area contributed by atoms with Gasteiger partial charge < -0.3 is 20.4 Å². The first-order valence-corrected chi connectivity index (χ1v) is 15.8. The number of nitrogens with zero attached hydrogens (tertiary/aromatic N) is 5. The number of alkyl halides is 2. The Morgan fingerprint density at radius 1 is 0.976 bits per heavy atom. The van der Waals surface area contributed by atoms with Crippen molar-refractivity contribution in [1.82, 2.24) is 19.7 Å². The number of piperidine rings is 2. The van der Waals surface area contributed by atoms with Crippen molar-refractivity contribution in [2.75, 3.05) is 54.4 Å². The van der Waals surface area contributed by atoms with Gasteiger partial charge in [0.1, 0.15) is 11.5 Å². The zero-order chi connectivity index (χ0) is 28.4. The van der Waals surface area contributed by atoms with E-state index in [0.29, 0.717) is 41.4 Å². The highest BCUT2D eigenvalue weighted by atomic mass is 32.2. The zero-order valence-electron chi connectivity index (χ0n) is 22.7. The van der Waals surface area contributed by atoms with E-state index < -0.39 is 26.9 Å². The SMILES string of the molecule is O=C(Nc1cc2nccn2c(N2CCC(F)(F)CC2)n1)c1ccc(S(=O)(=O)C2CNC2)cc1N1CCC2(CC1)CC2. The molecule has 2 N–H and O–H groups in total. The highest BCUT2D eigenvalue weighted by Gasteiger charge is 2.45. The summed E-state index contributed by atoms with van der Waals surface area (Å²) in [6, 6.07) is 6.40. The Labute approximate surface area is 237 Å². The summed E-state index contributed by atoms with van der Waals surface area (Å²) < 4.78 is 55.8. The average molecular weight is 586 g/mol. The van der Waals surface area contributed by atoms with Crippen LogP contribution in [0, 0.1) is 5.41 Å². The van der Waals surface area contributed by atoms with Gasteiger partial charge in [-0.15, -0.1) is 0 Å². The molecule has 5 heterocycles. The molecule has 0 radical (unpaired) electrons. The predicted octanol–water partition coefficient (Wildman–Crippen LogP) is 3.34. The van der Waals surface area contributed by atoms with Gasteiger partial charge >= 0.3 is 0 Å². The second-order valence-electron chi connectivity index (χ2n) is 11.9. The Morgan fingerprint density at radius 2 is 1.68 bits per heavy atom. The molecule has 0 unspecified atom stereocenters. The number of benzene rings is 1. The summed E-state index contributed by atoms with van der Waals surface area (Å²) in [7, 11) is -3.52. The van der Waals surface area contributed by atoms with E-state index in [1.165, 1.54) is 18.9 Å². The van der Waals surface area contributed by atoms with Gasteiger partial charge in [-0.25, -0.2) is 22.2 Å². The van der Waals surface area contributed by atoms with Gasteiger partial charge in [0.15, 0.2) is 9.84 Å². The normalized spacial score (nSPS) is 22.1. The number of halogens is 2. The zero-order valence-corrected chi connectivity index (χ0v) is 23.5. The molecule has 0 atom stereocenters. The van der Waals surface area contributed by atoms with Crippen LogP contribution in [-0.4, -0.2) is 79.1 Å². The van der Waals surface area contributed by atoms with E-state index in [4.69, 9.17) is 0 Å². The number of nitrogens with one attached hydrogen (secondary N) is 2. The quantitative estimate of drug-likeness (QED) is 0.453. The Balaban J connectivity index is 1.20. The average Bonchev–Trinajstić information content (AvgIpc) is 3.49. The van der Waals surface area contributed by atoms with E-state index in [2.05, 4.69) is 25.5 Å². The minimum atomic E-state index is -3.52. The summed E-state index contributed by atoms with van der Waals surface area (Å²) in [5, 5.41) is 5.44. The molecule has 7 rings (SSSR count).